The van der Waals surface area contributed by atoms with Gasteiger partial charge in [0.15, 0.2) is 15.5 Å². The molecule has 0 radical (unpaired) electrons. The smallest absolute Gasteiger partial charge is 0.358 e. The molecule has 0 aliphatic carbocycles. The Hall–Kier alpha value is -1.37. The maximum atomic E-state index is 11.5. The van der Waals surface area contributed by atoms with Crippen molar-refractivity contribution >= 4 is 15.8 Å². The van der Waals surface area contributed by atoms with E-state index in [4.69, 9.17) is 9.52 Å². The van der Waals surface area contributed by atoms with E-state index in [0.717, 1.165) is 6.26 Å². The fourth-order valence-electron chi connectivity index (χ4n) is 1.01. The standard InChI is InChI=1S/C9H13NO5S/c1-5-6(7(11)12)10-8(15-5)9(2,3)16(4,13)14/h1-4H3,(H,11,12). The number of oxazole rings is 1. The highest BCUT2D eigenvalue weighted by Crippen LogP contribution is 2.29. The molecule has 0 aliphatic rings. The summed E-state index contributed by atoms with van der Waals surface area (Å²) in [6.07, 6.45) is 1.05. The van der Waals surface area contributed by atoms with Gasteiger partial charge in [0.05, 0.1) is 0 Å². The van der Waals surface area contributed by atoms with Crippen molar-refractivity contribution in [2.75, 3.05) is 6.26 Å². The Balaban J connectivity index is 3.37. The largest absolute Gasteiger partial charge is 0.476 e. The van der Waals surface area contributed by atoms with Crippen LogP contribution in [0.4, 0.5) is 0 Å². The Morgan fingerprint density at radius 1 is 1.44 bits per heavy atom. The minimum absolute atomic E-state index is 0.0965. The van der Waals surface area contributed by atoms with Crippen LogP contribution in [-0.2, 0) is 14.6 Å². The Kier molecular flexibility index (Phi) is 2.84. The molecule has 1 N–H and O–H groups in total. The van der Waals surface area contributed by atoms with Crippen molar-refractivity contribution < 1.29 is 22.7 Å². The minimum atomic E-state index is -3.43. The lowest BCUT2D eigenvalue weighted by molar-refractivity contribution is 0.0689. The van der Waals surface area contributed by atoms with Crippen LogP contribution in [0.5, 0.6) is 0 Å². The Morgan fingerprint density at radius 3 is 2.25 bits per heavy atom. The molecular formula is C9H13NO5S. The van der Waals surface area contributed by atoms with Crippen molar-refractivity contribution in [3.8, 4) is 0 Å². The molecule has 0 saturated heterocycles. The zero-order valence-corrected chi connectivity index (χ0v) is 10.3. The zero-order chi connectivity index (χ0) is 12.7. The van der Waals surface area contributed by atoms with Crippen molar-refractivity contribution in [1.29, 1.82) is 0 Å². The van der Waals surface area contributed by atoms with Gasteiger partial charge in [-0.3, -0.25) is 0 Å². The molecular weight excluding hydrogens is 234 g/mol. The van der Waals surface area contributed by atoms with Gasteiger partial charge >= 0.3 is 5.97 Å². The Labute approximate surface area is 93.2 Å². The lowest BCUT2D eigenvalue weighted by atomic mass is 10.2. The molecule has 0 atom stereocenters. The first-order chi connectivity index (χ1) is 7.07. The second-order valence-corrected chi connectivity index (χ2v) is 6.58. The Bertz CT molecular complexity index is 526. The van der Waals surface area contributed by atoms with E-state index in [1.807, 2.05) is 0 Å². The molecule has 1 aromatic heterocycles. The van der Waals surface area contributed by atoms with Gasteiger partial charge in [-0.2, -0.15) is 0 Å². The van der Waals surface area contributed by atoms with Gasteiger partial charge < -0.3 is 9.52 Å². The van der Waals surface area contributed by atoms with Crippen LogP contribution in [0.2, 0.25) is 0 Å². The van der Waals surface area contributed by atoms with E-state index in [0.29, 0.717) is 0 Å². The third-order valence-electron chi connectivity index (χ3n) is 2.44. The molecule has 0 unspecified atom stereocenters. The summed E-state index contributed by atoms with van der Waals surface area (Å²) in [5.74, 6) is -1.25. The van der Waals surface area contributed by atoms with Crippen LogP contribution in [0.3, 0.4) is 0 Å². The van der Waals surface area contributed by atoms with E-state index >= 15 is 0 Å². The first-order valence-corrected chi connectivity index (χ1v) is 6.37. The van der Waals surface area contributed by atoms with Crippen molar-refractivity contribution in [1.82, 2.24) is 4.98 Å². The number of hydrogen-bond donors (Lipinski definition) is 1. The third kappa shape index (κ3) is 1.95. The number of carboxylic acids is 1. The van der Waals surface area contributed by atoms with E-state index in [9.17, 15) is 13.2 Å². The number of sulfone groups is 1. The highest BCUT2D eigenvalue weighted by atomic mass is 32.2. The van der Waals surface area contributed by atoms with E-state index in [1.165, 1.54) is 20.8 Å². The molecule has 0 spiro atoms. The molecule has 1 heterocycles. The third-order valence-corrected chi connectivity index (χ3v) is 4.47. The average molecular weight is 247 g/mol. The topological polar surface area (TPSA) is 97.5 Å². The molecule has 0 aromatic carbocycles. The summed E-state index contributed by atoms with van der Waals surface area (Å²) >= 11 is 0. The highest BCUT2D eigenvalue weighted by molar-refractivity contribution is 7.91. The fraction of sp³-hybridized carbons (Fsp3) is 0.556. The van der Waals surface area contributed by atoms with Gasteiger partial charge in [0.2, 0.25) is 5.89 Å². The number of carboxylic acid groups (broad SMARTS) is 1. The SMILES string of the molecule is Cc1oc(C(C)(C)S(C)(=O)=O)nc1C(=O)O. The van der Waals surface area contributed by atoms with Gasteiger partial charge in [0.25, 0.3) is 0 Å². The maximum absolute atomic E-state index is 11.5. The van der Waals surface area contributed by atoms with Crippen molar-refractivity contribution in [3.63, 3.8) is 0 Å². The first kappa shape index (κ1) is 12.7. The second kappa shape index (κ2) is 3.58. The van der Waals surface area contributed by atoms with Crippen LogP contribution in [0, 0.1) is 6.92 Å². The molecule has 1 aromatic rings. The van der Waals surface area contributed by atoms with Crippen molar-refractivity contribution in [2.24, 2.45) is 0 Å². The molecule has 0 amide bonds. The van der Waals surface area contributed by atoms with Gasteiger partial charge in [-0.1, -0.05) is 0 Å². The molecule has 1 rings (SSSR count). The van der Waals surface area contributed by atoms with Crippen LogP contribution in [-0.4, -0.2) is 30.7 Å². The number of aromatic nitrogens is 1. The summed E-state index contributed by atoms with van der Waals surface area (Å²) < 4.78 is 26.7. The van der Waals surface area contributed by atoms with E-state index in [2.05, 4.69) is 4.98 Å². The summed E-state index contributed by atoms with van der Waals surface area (Å²) in [5.41, 5.74) is -0.258. The normalized spacial score (nSPS) is 12.8. The van der Waals surface area contributed by atoms with E-state index in [1.54, 1.807) is 0 Å². The molecule has 0 saturated carbocycles. The number of carbonyl (C=O) groups is 1. The fourth-order valence-corrected chi connectivity index (χ4v) is 1.42. The van der Waals surface area contributed by atoms with Crippen LogP contribution in [0.25, 0.3) is 0 Å². The van der Waals surface area contributed by atoms with Crippen LogP contribution in [0.1, 0.15) is 36.0 Å². The van der Waals surface area contributed by atoms with Crippen molar-refractivity contribution in [3.05, 3.63) is 17.3 Å². The molecule has 7 heteroatoms. The predicted molar refractivity (Wildman–Crippen MR) is 56.1 cm³/mol. The molecule has 0 aliphatic heterocycles. The molecule has 0 fully saturated rings. The summed E-state index contributed by atoms with van der Waals surface area (Å²) in [4.78, 5) is 14.4. The number of aromatic carboxylic acids is 1. The molecule has 0 bridgehead atoms. The maximum Gasteiger partial charge on any atom is 0.358 e. The lowest BCUT2D eigenvalue weighted by Gasteiger charge is -2.17. The van der Waals surface area contributed by atoms with E-state index in [-0.39, 0.29) is 17.3 Å². The average Bonchev–Trinajstić information content (AvgIpc) is 2.45. The number of rotatable bonds is 3. The zero-order valence-electron chi connectivity index (χ0n) is 9.44. The van der Waals surface area contributed by atoms with Crippen molar-refractivity contribution in [2.45, 2.75) is 25.5 Å². The number of hydrogen-bond acceptors (Lipinski definition) is 5. The quantitative estimate of drug-likeness (QED) is 0.854. The van der Waals surface area contributed by atoms with E-state index < -0.39 is 20.6 Å². The van der Waals surface area contributed by atoms with Crippen LogP contribution < -0.4 is 0 Å². The summed E-state index contributed by atoms with van der Waals surface area (Å²) in [6, 6.07) is 0. The number of nitrogens with zero attached hydrogens (tertiary/aromatic N) is 1. The predicted octanol–water partition coefficient (Wildman–Crippen LogP) is 0.961. The highest BCUT2D eigenvalue weighted by Gasteiger charge is 2.38. The summed E-state index contributed by atoms with van der Waals surface area (Å²) in [6.45, 7) is 4.26. The molecule has 6 nitrogen and oxygen atoms in total. The number of aryl methyl sites for hydroxylation is 1. The van der Waals surface area contributed by atoms with Gasteiger partial charge in [0.1, 0.15) is 10.5 Å². The summed E-state index contributed by atoms with van der Waals surface area (Å²) in [7, 11) is -3.43. The van der Waals surface area contributed by atoms with Crippen LogP contribution >= 0.6 is 0 Å². The van der Waals surface area contributed by atoms with Crippen LogP contribution in [0.15, 0.2) is 4.42 Å². The van der Waals surface area contributed by atoms with Gasteiger partial charge in [-0.05, 0) is 20.8 Å². The van der Waals surface area contributed by atoms with Gasteiger partial charge in [-0.15, -0.1) is 0 Å². The lowest BCUT2D eigenvalue weighted by Crippen LogP contribution is -2.28. The van der Waals surface area contributed by atoms with Gasteiger partial charge in [-0.25, -0.2) is 18.2 Å². The Morgan fingerprint density at radius 2 is 1.94 bits per heavy atom. The molecule has 90 valence electrons. The minimum Gasteiger partial charge on any atom is -0.476 e. The molecule has 16 heavy (non-hydrogen) atoms. The van der Waals surface area contributed by atoms with Gasteiger partial charge in [0, 0.05) is 6.26 Å². The monoisotopic (exact) mass is 247 g/mol. The summed E-state index contributed by atoms with van der Waals surface area (Å²) in [5, 5.41) is 8.78. The second-order valence-electron chi connectivity index (χ2n) is 4.01. The first-order valence-electron chi connectivity index (χ1n) is 4.48.